The first kappa shape index (κ1) is 20.5. The number of benzene rings is 2. The molecule has 0 saturated carbocycles. The number of carbonyl (C=O) groups excluding carboxylic acids is 1. The lowest BCUT2D eigenvalue weighted by molar-refractivity contribution is 0.0528. The zero-order valence-corrected chi connectivity index (χ0v) is 18.4. The Kier molecular flexibility index (Phi) is 7.19. The molecule has 0 aliphatic rings. The van der Waals surface area contributed by atoms with E-state index in [9.17, 15) is 4.79 Å². The van der Waals surface area contributed by atoms with Gasteiger partial charge in [0.05, 0.1) is 17.9 Å². The van der Waals surface area contributed by atoms with Crippen molar-refractivity contribution < 1.29 is 9.53 Å². The third kappa shape index (κ3) is 5.41. The lowest BCUT2D eigenvalue weighted by Gasteiger charge is -2.11. The van der Waals surface area contributed by atoms with Crippen molar-refractivity contribution in [1.82, 2.24) is 0 Å². The minimum Gasteiger partial charge on any atom is -0.462 e. The van der Waals surface area contributed by atoms with Gasteiger partial charge in [0.25, 0.3) is 0 Å². The van der Waals surface area contributed by atoms with Crippen molar-refractivity contribution in [3.63, 3.8) is 0 Å². The van der Waals surface area contributed by atoms with E-state index in [0.29, 0.717) is 22.3 Å². The summed E-state index contributed by atoms with van der Waals surface area (Å²) in [5.74, 6) is -0.357. The van der Waals surface area contributed by atoms with Gasteiger partial charge in [0.2, 0.25) is 0 Å². The molecule has 3 aromatic rings. The number of thiophene rings is 1. The van der Waals surface area contributed by atoms with Gasteiger partial charge in [-0.05, 0) is 58.8 Å². The molecule has 0 fully saturated rings. The fraction of sp³-hybridized carbons (Fsp3) is 0.143. The van der Waals surface area contributed by atoms with E-state index in [1.807, 2.05) is 48.5 Å². The van der Waals surface area contributed by atoms with E-state index in [-0.39, 0.29) is 5.97 Å². The van der Waals surface area contributed by atoms with Gasteiger partial charge in [-0.15, -0.1) is 11.3 Å². The number of nitrogens with one attached hydrogen (secondary N) is 2. The van der Waals surface area contributed by atoms with Gasteiger partial charge in [0, 0.05) is 15.8 Å². The number of para-hydroxylation sites is 1. The summed E-state index contributed by atoms with van der Waals surface area (Å²) >= 11 is 10.4. The van der Waals surface area contributed by atoms with Gasteiger partial charge in [0.1, 0.15) is 5.00 Å². The van der Waals surface area contributed by atoms with Crippen LogP contribution in [0.3, 0.4) is 0 Å². The molecule has 0 amide bonds. The summed E-state index contributed by atoms with van der Waals surface area (Å²) in [6, 6.07) is 19.7. The van der Waals surface area contributed by atoms with Crippen LogP contribution < -0.4 is 10.6 Å². The predicted molar refractivity (Wildman–Crippen MR) is 124 cm³/mol. The molecule has 0 radical (unpaired) electrons. The average molecular weight is 475 g/mol. The molecule has 1 aromatic heterocycles. The van der Waals surface area contributed by atoms with Crippen molar-refractivity contribution in [2.24, 2.45) is 0 Å². The third-order valence-corrected chi connectivity index (χ3v) is 5.79. The van der Waals surface area contributed by atoms with E-state index < -0.39 is 0 Å². The number of hydrogen-bond donors (Lipinski definition) is 2. The molecule has 28 heavy (non-hydrogen) atoms. The van der Waals surface area contributed by atoms with Crippen LogP contribution in [0.2, 0.25) is 0 Å². The fourth-order valence-corrected chi connectivity index (χ4v) is 4.34. The standard InChI is InChI=1S/C21H19BrN2O2S2/c1-2-26-20(25)16-13-15(12-14-8-4-3-5-9-14)28-19(16)24-21(27)23-18-11-7-6-10-17(18)22/h3-11,13H,2,12H2,1H3,(H2,23,24,27). The Morgan fingerprint density at radius 3 is 2.54 bits per heavy atom. The fourth-order valence-electron chi connectivity index (χ4n) is 2.60. The van der Waals surface area contributed by atoms with Gasteiger partial charge in [-0.25, -0.2) is 4.79 Å². The second-order valence-electron chi connectivity index (χ2n) is 5.90. The number of carbonyl (C=O) groups is 1. The first-order chi connectivity index (χ1) is 13.6. The Morgan fingerprint density at radius 2 is 1.82 bits per heavy atom. The molecule has 7 heteroatoms. The van der Waals surface area contributed by atoms with E-state index in [1.165, 1.54) is 16.9 Å². The maximum atomic E-state index is 12.4. The second kappa shape index (κ2) is 9.82. The maximum Gasteiger partial charge on any atom is 0.341 e. The Labute approximate surface area is 182 Å². The summed E-state index contributed by atoms with van der Waals surface area (Å²) < 4.78 is 6.11. The van der Waals surface area contributed by atoms with Crippen LogP contribution in [0.1, 0.15) is 27.7 Å². The van der Waals surface area contributed by atoms with E-state index in [4.69, 9.17) is 17.0 Å². The van der Waals surface area contributed by atoms with Gasteiger partial charge in [0.15, 0.2) is 5.11 Å². The molecule has 144 valence electrons. The molecule has 0 aliphatic heterocycles. The predicted octanol–water partition coefficient (Wildman–Crippen LogP) is 6.09. The highest BCUT2D eigenvalue weighted by Crippen LogP contribution is 2.31. The molecule has 1 heterocycles. The van der Waals surface area contributed by atoms with Crippen molar-refractivity contribution in [2.75, 3.05) is 17.2 Å². The first-order valence-corrected chi connectivity index (χ1v) is 10.7. The Morgan fingerprint density at radius 1 is 1.11 bits per heavy atom. The number of rotatable bonds is 6. The number of ether oxygens (including phenoxy) is 1. The van der Waals surface area contributed by atoms with E-state index in [1.54, 1.807) is 6.92 Å². The molecular formula is C21H19BrN2O2S2. The summed E-state index contributed by atoms with van der Waals surface area (Å²) in [4.78, 5) is 13.5. The highest BCUT2D eigenvalue weighted by atomic mass is 79.9. The topological polar surface area (TPSA) is 50.4 Å². The Hall–Kier alpha value is -2.22. The monoisotopic (exact) mass is 474 g/mol. The lowest BCUT2D eigenvalue weighted by Crippen LogP contribution is -2.20. The van der Waals surface area contributed by atoms with Gasteiger partial charge in [-0.1, -0.05) is 42.5 Å². The van der Waals surface area contributed by atoms with E-state index >= 15 is 0 Å². The second-order valence-corrected chi connectivity index (χ2v) is 8.30. The van der Waals surface area contributed by atoms with Crippen LogP contribution in [0.15, 0.2) is 65.1 Å². The molecule has 2 aromatic carbocycles. The molecule has 0 unspecified atom stereocenters. The van der Waals surface area contributed by atoms with Crippen molar-refractivity contribution >= 4 is 61.3 Å². The number of halogens is 1. The Balaban J connectivity index is 1.80. The molecular weight excluding hydrogens is 456 g/mol. The smallest absolute Gasteiger partial charge is 0.341 e. The van der Waals surface area contributed by atoms with Crippen molar-refractivity contribution in [2.45, 2.75) is 13.3 Å². The first-order valence-electron chi connectivity index (χ1n) is 8.73. The van der Waals surface area contributed by atoms with Gasteiger partial charge in [-0.3, -0.25) is 0 Å². The molecule has 0 spiro atoms. The molecule has 3 rings (SSSR count). The number of hydrogen-bond acceptors (Lipinski definition) is 4. The molecule has 4 nitrogen and oxygen atoms in total. The van der Waals surface area contributed by atoms with Gasteiger partial charge >= 0.3 is 5.97 Å². The molecule has 0 saturated heterocycles. The summed E-state index contributed by atoms with van der Waals surface area (Å²) in [6.45, 7) is 2.11. The summed E-state index contributed by atoms with van der Waals surface area (Å²) in [5, 5.41) is 7.38. The van der Waals surface area contributed by atoms with Crippen LogP contribution in [0.25, 0.3) is 0 Å². The van der Waals surface area contributed by atoms with Gasteiger partial charge in [-0.2, -0.15) is 0 Å². The van der Waals surface area contributed by atoms with Crippen LogP contribution in [0, 0.1) is 0 Å². The van der Waals surface area contributed by atoms with Crippen LogP contribution in [-0.4, -0.2) is 17.7 Å². The Bertz CT molecular complexity index is 974. The molecule has 0 bridgehead atoms. The van der Waals surface area contributed by atoms with Crippen molar-refractivity contribution in [3.05, 3.63) is 81.1 Å². The summed E-state index contributed by atoms with van der Waals surface area (Å²) in [5.41, 5.74) is 2.52. The quantitative estimate of drug-likeness (QED) is 0.334. The van der Waals surface area contributed by atoms with E-state index in [2.05, 4.69) is 38.7 Å². The maximum absolute atomic E-state index is 12.4. The molecule has 0 atom stereocenters. The van der Waals surface area contributed by atoms with Crippen LogP contribution in [0.4, 0.5) is 10.7 Å². The van der Waals surface area contributed by atoms with Crippen molar-refractivity contribution in [3.8, 4) is 0 Å². The minimum atomic E-state index is -0.357. The van der Waals surface area contributed by atoms with Gasteiger partial charge < -0.3 is 15.4 Å². The van der Waals surface area contributed by atoms with Crippen molar-refractivity contribution in [1.29, 1.82) is 0 Å². The van der Waals surface area contributed by atoms with Crippen LogP contribution >= 0.6 is 39.5 Å². The number of anilines is 2. The lowest BCUT2D eigenvalue weighted by atomic mass is 10.1. The summed E-state index contributed by atoms with van der Waals surface area (Å²) in [6.07, 6.45) is 0.740. The normalized spacial score (nSPS) is 10.4. The zero-order chi connectivity index (χ0) is 19.9. The van der Waals surface area contributed by atoms with E-state index in [0.717, 1.165) is 21.5 Å². The number of esters is 1. The number of thiocarbonyl (C=S) groups is 1. The van der Waals surface area contributed by atoms with Crippen LogP contribution in [-0.2, 0) is 11.2 Å². The molecule has 2 N–H and O–H groups in total. The zero-order valence-electron chi connectivity index (χ0n) is 15.2. The largest absolute Gasteiger partial charge is 0.462 e. The minimum absolute atomic E-state index is 0.321. The summed E-state index contributed by atoms with van der Waals surface area (Å²) in [7, 11) is 0. The highest BCUT2D eigenvalue weighted by molar-refractivity contribution is 9.10. The van der Waals surface area contributed by atoms with Crippen LogP contribution in [0.5, 0.6) is 0 Å². The third-order valence-electron chi connectivity index (χ3n) is 3.85. The SMILES string of the molecule is CCOC(=O)c1cc(Cc2ccccc2)sc1NC(=S)Nc1ccccc1Br. The average Bonchev–Trinajstić information content (AvgIpc) is 3.07. The molecule has 0 aliphatic carbocycles. The highest BCUT2D eigenvalue weighted by Gasteiger charge is 2.18.